The van der Waals surface area contributed by atoms with Crippen molar-refractivity contribution >= 4 is 58.2 Å². The molecule has 2 N–H and O–H groups in total. The maximum Gasteiger partial charge on any atom is 0.414 e. The van der Waals surface area contributed by atoms with Gasteiger partial charge in [0.2, 0.25) is 5.90 Å². The minimum absolute atomic E-state index is 0.281. The molecular formula is C22H22Cl2N4O3S. The first-order chi connectivity index (χ1) is 15.4. The monoisotopic (exact) mass is 492 g/mol. The minimum atomic E-state index is -0.568. The topological polar surface area (TPSA) is 75.2 Å². The first-order valence-electron chi connectivity index (χ1n) is 10.2. The second-order valence-corrected chi connectivity index (χ2v) is 8.93. The van der Waals surface area contributed by atoms with Gasteiger partial charge in [0.25, 0.3) is 0 Å². The summed E-state index contributed by atoms with van der Waals surface area (Å²) in [6, 6.07) is 14.7. The van der Waals surface area contributed by atoms with E-state index >= 15 is 0 Å². The van der Waals surface area contributed by atoms with Crippen LogP contribution in [-0.2, 0) is 16.1 Å². The molecule has 32 heavy (non-hydrogen) atoms. The van der Waals surface area contributed by atoms with E-state index in [0.717, 1.165) is 11.3 Å². The molecule has 1 spiro atoms. The summed E-state index contributed by atoms with van der Waals surface area (Å²) >= 11 is 17.6. The number of likely N-dealkylation sites (tertiary alicyclic amines) is 1. The number of oxime groups is 1. The molecule has 0 aromatic heterocycles. The summed E-state index contributed by atoms with van der Waals surface area (Å²) in [5, 5.41) is 11.8. The van der Waals surface area contributed by atoms with Crippen molar-refractivity contribution in [2.24, 2.45) is 5.16 Å². The second-order valence-electron chi connectivity index (χ2n) is 7.70. The van der Waals surface area contributed by atoms with Crippen LogP contribution >= 0.6 is 35.4 Å². The van der Waals surface area contributed by atoms with E-state index in [1.54, 1.807) is 12.1 Å². The fourth-order valence-corrected chi connectivity index (χ4v) is 4.21. The highest BCUT2D eigenvalue weighted by Gasteiger charge is 2.43. The van der Waals surface area contributed by atoms with E-state index in [2.05, 4.69) is 20.7 Å². The third-order valence-electron chi connectivity index (χ3n) is 5.45. The first-order valence-corrected chi connectivity index (χ1v) is 11.3. The Morgan fingerprint density at radius 1 is 1.16 bits per heavy atom. The van der Waals surface area contributed by atoms with E-state index in [-0.39, 0.29) is 5.90 Å². The molecule has 168 valence electrons. The molecule has 4 rings (SSSR count). The zero-order valence-corrected chi connectivity index (χ0v) is 19.5. The fourth-order valence-electron chi connectivity index (χ4n) is 3.60. The van der Waals surface area contributed by atoms with Gasteiger partial charge < -0.3 is 25.1 Å². The smallest absolute Gasteiger partial charge is 0.392 e. The van der Waals surface area contributed by atoms with Crippen molar-refractivity contribution in [1.29, 1.82) is 0 Å². The second kappa shape index (κ2) is 9.94. The molecule has 0 radical (unpaired) electrons. The van der Waals surface area contributed by atoms with E-state index in [0.29, 0.717) is 54.1 Å². The van der Waals surface area contributed by atoms with Crippen molar-refractivity contribution in [3.63, 3.8) is 0 Å². The molecule has 2 aromatic rings. The number of halogens is 2. The Morgan fingerprint density at radius 2 is 1.88 bits per heavy atom. The molecule has 0 aliphatic carbocycles. The lowest BCUT2D eigenvalue weighted by molar-refractivity contribution is -0.0521. The molecule has 2 aliphatic heterocycles. The molecule has 2 heterocycles. The number of hydrogen-bond donors (Lipinski definition) is 2. The highest BCUT2D eigenvalue weighted by atomic mass is 35.5. The number of carbonyl (C=O) groups is 1. The number of carbonyl (C=O) groups excluding carboxylic acids is 1. The Bertz CT molecular complexity index is 1020. The molecule has 0 atom stereocenters. The predicted octanol–water partition coefficient (Wildman–Crippen LogP) is 5.19. The van der Waals surface area contributed by atoms with Crippen LogP contribution in [0.4, 0.5) is 10.5 Å². The third-order valence-corrected chi connectivity index (χ3v) is 6.39. The molecule has 2 aliphatic rings. The van der Waals surface area contributed by atoms with Crippen LogP contribution in [0.25, 0.3) is 0 Å². The van der Waals surface area contributed by atoms with Crippen LogP contribution in [0.15, 0.2) is 53.7 Å². The van der Waals surface area contributed by atoms with Crippen molar-refractivity contribution in [3.05, 3.63) is 64.1 Å². The van der Waals surface area contributed by atoms with Crippen LogP contribution in [0.5, 0.6) is 0 Å². The number of anilines is 1. The van der Waals surface area contributed by atoms with Crippen molar-refractivity contribution in [2.45, 2.75) is 31.4 Å². The first kappa shape index (κ1) is 22.6. The van der Waals surface area contributed by atoms with Gasteiger partial charge in [0, 0.05) is 37.5 Å². The standard InChI is InChI=1S/C22H22Cl2N4O3S/c23-16-7-5-15(6-8-16)14-25-21(29)30-19-13-22(31-27-19)9-11-28(12-10-22)20(32)26-18-4-2-1-3-17(18)24/h1-8H,9-14H2,(H,25,29)(H,26,32). The molecule has 7 nitrogen and oxygen atoms in total. The van der Waals surface area contributed by atoms with Crippen molar-refractivity contribution in [3.8, 4) is 0 Å². The van der Waals surface area contributed by atoms with Gasteiger partial charge in [0.1, 0.15) is 5.60 Å². The largest absolute Gasteiger partial charge is 0.414 e. The highest BCUT2D eigenvalue weighted by molar-refractivity contribution is 7.80. The summed E-state index contributed by atoms with van der Waals surface area (Å²) in [4.78, 5) is 19.9. The predicted molar refractivity (Wildman–Crippen MR) is 129 cm³/mol. The van der Waals surface area contributed by atoms with Gasteiger partial charge in [-0.15, -0.1) is 0 Å². The SMILES string of the molecule is O=C(NCc1ccc(Cl)cc1)OC1=NOC2(CCN(C(=S)Nc3ccccc3Cl)CC2)C1. The summed E-state index contributed by atoms with van der Waals surface area (Å²) in [6.45, 7) is 1.73. The summed E-state index contributed by atoms with van der Waals surface area (Å²) < 4.78 is 5.33. The number of benzene rings is 2. The number of hydrogen-bond acceptors (Lipinski definition) is 5. The Balaban J connectivity index is 1.22. The maximum absolute atomic E-state index is 12.1. The molecule has 0 unspecified atom stereocenters. The lowest BCUT2D eigenvalue weighted by atomic mass is 9.88. The Kier molecular flexibility index (Phi) is 7.03. The molecule has 0 saturated carbocycles. The van der Waals surface area contributed by atoms with E-state index in [4.69, 9.17) is 45.0 Å². The molecule has 1 fully saturated rings. The van der Waals surface area contributed by atoms with Crippen LogP contribution in [0.2, 0.25) is 10.0 Å². The van der Waals surface area contributed by atoms with Gasteiger partial charge in [-0.2, -0.15) is 0 Å². The lowest BCUT2D eigenvalue weighted by Crippen LogP contribution is -2.48. The van der Waals surface area contributed by atoms with Gasteiger partial charge in [-0.25, -0.2) is 4.79 Å². The molecule has 1 amide bonds. The lowest BCUT2D eigenvalue weighted by Gasteiger charge is -2.38. The minimum Gasteiger partial charge on any atom is -0.392 e. The average molecular weight is 493 g/mol. The van der Waals surface area contributed by atoms with Crippen LogP contribution in [0.1, 0.15) is 24.8 Å². The number of para-hydroxylation sites is 1. The third kappa shape index (κ3) is 5.62. The molecule has 1 saturated heterocycles. The summed E-state index contributed by atoms with van der Waals surface area (Å²) in [5.41, 5.74) is 1.23. The summed E-state index contributed by atoms with van der Waals surface area (Å²) in [7, 11) is 0. The zero-order valence-electron chi connectivity index (χ0n) is 17.1. The summed E-state index contributed by atoms with van der Waals surface area (Å²) in [6.07, 6.45) is 1.29. The van der Waals surface area contributed by atoms with E-state index < -0.39 is 11.7 Å². The van der Waals surface area contributed by atoms with Gasteiger partial charge in [-0.1, -0.05) is 52.6 Å². The number of rotatable bonds is 3. The molecule has 10 heteroatoms. The van der Waals surface area contributed by atoms with Crippen LogP contribution < -0.4 is 10.6 Å². The Morgan fingerprint density at radius 3 is 2.59 bits per heavy atom. The van der Waals surface area contributed by atoms with Crippen molar-refractivity contribution in [1.82, 2.24) is 10.2 Å². The summed E-state index contributed by atoms with van der Waals surface area (Å²) in [5.74, 6) is 0.281. The number of thiocarbonyl (C=S) groups is 1. The van der Waals surface area contributed by atoms with Crippen LogP contribution in [0.3, 0.4) is 0 Å². The van der Waals surface area contributed by atoms with Crippen LogP contribution in [-0.4, -0.2) is 40.7 Å². The van der Waals surface area contributed by atoms with Crippen molar-refractivity contribution < 1.29 is 14.4 Å². The average Bonchev–Trinajstić information content (AvgIpc) is 3.17. The fraction of sp³-hybridized carbons (Fsp3) is 0.318. The molecular weight excluding hydrogens is 471 g/mol. The van der Waals surface area contributed by atoms with E-state index in [1.807, 2.05) is 36.4 Å². The number of amides is 1. The normalized spacial score (nSPS) is 16.8. The van der Waals surface area contributed by atoms with E-state index in [9.17, 15) is 4.79 Å². The number of nitrogens with zero attached hydrogens (tertiary/aromatic N) is 2. The number of alkyl carbamates (subject to hydrolysis) is 1. The van der Waals surface area contributed by atoms with Gasteiger partial charge in [-0.05, 0) is 42.0 Å². The van der Waals surface area contributed by atoms with Crippen molar-refractivity contribution in [2.75, 3.05) is 18.4 Å². The molecule has 2 aromatic carbocycles. The number of piperidine rings is 1. The Hall–Kier alpha value is -2.55. The molecule has 0 bridgehead atoms. The maximum atomic E-state index is 12.1. The number of ether oxygens (including phenoxy) is 1. The highest BCUT2D eigenvalue weighted by Crippen LogP contribution is 2.35. The van der Waals surface area contributed by atoms with E-state index in [1.165, 1.54) is 0 Å². The van der Waals surface area contributed by atoms with Gasteiger partial charge in [-0.3, -0.25) is 0 Å². The van der Waals surface area contributed by atoms with Crippen LogP contribution in [0, 0.1) is 0 Å². The number of nitrogens with one attached hydrogen (secondary N) is 2. The van der Waals surface area contributed by atoms with Gasteiger partial charge in [0.05, 0.1) is 17.1 Å². The Labute approximate surface area is 201 Å². The zero-order chi connectivity index (χ0) is 22.6. The quantitative estimate of drug-likeness (QED) is 0.574. The van der Waals surface area contributed by atoms with Gasteiger partial charge >= 0.3 is 6.09 Å². The van der Waals surface area contributed by atoms with Gasteiger partial charge in [0.15, 0.2) is 5.11 Å².